The summed E-state index contributed by atoms with van der Waals surface area (Å²) in [5, 5.41) is 0. The number of hydrogen-bond donors (Lipinski definition) is 1. The molecule has 2 rings (SSSR count). The molecule has 0 saturated carbocycles. The van der Waals surface area contributed by atoms with E-state index in [9.17, 15) is 8.42 Å². The van der Waals surface area contributed by atoms with Crippen molar-refractivity contribution in [1.82, 2.24) is 14.7 Å². The first kappa shape index (κ1) is 12.3. The minimum Gasteiger partial charge on any atom is -0.352 e. The van der Waals surface area contributed by atoms with Crippen molar-refractivity contribution in [2.45, 2.75) is 19.4 Å². The molecule has 0 aliphatic carbocycles. The third-order valence-electron chi connectivity index (χ3n) is 2.57. The Balaban J connectivity index is 1.84. The molecule has 0 amide bonds. The zero-order chi connectivity index (χ0) is 12.3. The van der Waals surface area contributed by atoms with E-state index in [0.717, 1.165) is 5.82 Å². The molecule has 1 fully saturated rings. The van der Waals surface area contributed by atoms with Gasteiger partial charge in [0.2, 0.25) is 10.0 Å². The average Bonchev–Trinajstić information content (AvgIpc) is 2.24. The molecule has 0 radical (unpaired) electrons. The molecule has 1 aromatic rings. The maximum atomic E-state index is 11.5. The van der Waals surface area contributed by atoms with Crippen LogP contribution in [-0.2, 0) is 10.0 Å². The van der Waals surface area contributed by atoms with E-state index in [1.165, 1.54) is 0 Å². The number of aromatic nitrogens is 2. The van der Waals surface area contributed by atoms with Gasteiger partial charge in [-0.2, -0.15) is 0 Å². The van der Waals surface area contributed by atoms with E-state index in [-0.39, 0.29) is 11.8 Å². The molecule has 7 heteroatoms. The van der Waals surface area contributed by atoms with Crippen LogP contribution < -0.4 is 9.62 Å². The number of anilines is 1. The summed E-state index contributed by atoms with van der Waals surface area (Å²) in [4.78, 5) is 10.1. The molecule has 6 nitrogen and oxygen atoms in total. The van der Waals surface area contributed by atoms with Crippen molar-refractivity contribution in [2.75, 3.05) is 23.7 Å². The molecular weight excluding hydrogens is 240 g/mol. The van der Waals surface area contributed by atoms with Crippen LogP contribution in [0.25, 0.3) is 0 Å². The normalized spacial score (nSPS) is 16.9. The van der Waals surface area contributed by atoms with Crippen LogP contribution >= 0.6 is 0 Å². The maximum Gasteiger partial charge on any atom is 0.211 e. The highest BCUT2D eigenvalue weighted by atomic mass is 32.2. The summed E-state index contributed by atoms with van der Waals surface area (Å²) in [5.74, 6) is 0.979. The highest BCUT2D eigenvalue weighted by molar-refractivity contribution is 7.89. The molecule has 0 atom stereocenters. The molecule has 2 heterocycles. The van der Waals surface area contributed by atoms with Gasteiger partial charge in [0.05, 0.1) is 18.0 Å². The van der Waals surface area contributed by atoms with E-state index in [1.54, 1.807) is 18.6 Å². The summed E-state index contributed by atoms with van der Waals surface area (Å²) in [5.41, 5.74) is 0. The standard InChI is InChI=1S/C10H16N4O2S/c1-2-5-17(15,16)13-9-7-14(8-9)10-6-11-3-4-12-10/h3-4,6,9,13H,2,5,7-8H2,1H3. The lowest BCUT2D eigenvalue weighted by molar-refractivity contribution is 0.465. The van der Waals surface area contributed by atoms with Crippen LogP contribution in [0, 0.1) is 0 Å². The fraction of sp³-hybridized carbons (Fsp3) is 0.600. The van der Waals surface area contributed by atoms with E-state index in [2.05, 4.69) is 14.7 Å². The SMILES string of the molecule is CCCS(=O)(=O)NC1CN(c2cnccn2)C1. The van der Waals surface area contributed by atoms with Crippen LogP contribution in [0.1, 0.15) is 13.3 Å². The van der Waals surface area contributed by atoms with Crippen molar-refractivity contribution >= 4 is 15.8 Å². The zero-order valence-corrected chi connectivity index (χ0v) is 10.5. The molecule has 17 heavy (non-hydrogen) atoms. The van der Waals surface area contributed by atoms with Crippen LogP contribution in [-0.4, -0.2) is 43.3 Å². The summed E-state index contributed by atoms with van der Waals surface area (Å²) in [6.07, 6.45) is 5.56. The lowest BCUT2D eigenvalue weighted by atomic mass is 10.1. The van der Waals surface area contributed by atoms with Gasteiger partial charge in [0, 0.05) is 25.5 Å². The first-order valence-electron chi connectivity index (χ1n) is 5.61. The van der Waals surface area contributed by atoms with Crippen molar-refractivity contribution in [3.05, 3.63) is 18.6 Å². The molecule has 1 saturated heterocycles. The van der Waals surface area contributed by atoms with Gasteiger partial charge in [0.25, 0.3) is 0 Å². The first-order valence-corrected chi connectivity index (χ1v) is 7.27. The summed E-state index contributed by atoms with van der Waals surface area (Å²) in [7, 11) is -3.11. The highest BCUT2D eigenvalue weighted by Gasteiger charge is 2.30. The lowest BCUT2D eigenvalue weighted by Crippen LogP contribution is -2.59. The Morgan fingerprint density at radius 2 is 2.24 bits per heavy atom. The summed E-state index contributed by atoms with van der Waals surface area (Å²) in [6.45, 7) is 3.16. The fourth-order valence-electron chi connectivity index (χ4n) is 1.78. The largest absolute Gasteiger partial charge is 0.352 e. The van der Waals surface area contributed by atoms with Crippen molar-refractivity contribution < 1.29 is 8.42 Å². The number of nitrogens with zero attached hydrogens (tertiary/aromatic N) is 3. The van der Waals surface area contributed by atoms with Crippen LogP contribution in [0.5, 0.6) is 0 Å². The summed E-state index contributed by atoms with van der Waals surface area (Å²) in [6, 6.07) is -0.00597. The number of sulfonamides is 1. The predicted molar refractivity (Wildman–Crippen MR) is 65.2 cm³/mol. The molecule has 94 valence electrons. The summed E-state index contributed by atoms with van der Waals surface area (Å²) < 4.78 is 25.7. The Bertz CT molecular complexity index is 456. The van der Waals surface area contributed by atoms with E-state index in [0.29, 0.717) is 19.5 Å². The molecule has 1 aliphatic rings. The van der Waals surface area contributed by atoms with Gasteiger partial charge in [-0.25, -0.2) is 18.1 Å². The monoisotopic (exact) mass is 256 g/mol. The molecule has 0 spiro atoms. The second-order valence-corrected chi connectivity index (χ2v) is 5.98. The second kappa shape index (κ2) is 4.97. The van der Waals surface area contributed by atoms with Crippen LogP contribution in [0.2, 0.25) is 0 Å². The van der Waals surface area contributed by atoms with E-state index >= 15 is 0 Å². The van der Waals surface area contributed by atoms with Gasteiger partial charge in [-0.15, -0.1) is 0 Å². The molecule has 0 unspecified atom stereocenters. The van der Waals surface area contributed by atoms with Crippen LogP contribution in [0.4, 0.5) is 5.82 Å². The topological polar surface area (TPSA) is 75.2 Å². The highest BCUT2D eigenvalue weighted by Crippen LogP contribution is 2.17. The quantitative estimate of drug-likeness (QED) is 0.802. The third-order valence-corrected chi connectivity index (χ3v) is 4.21. The van der Waals surface area contributed by atoms with Gasteiger partial charge in [-0.3, -0.25) is 4.98 Å². The third kappa shape index (κ3) is 3.13. The predicted octanol–water partition coefficient (Wildman–Crippen LogP) is -0.00540. The maximum absolute atomic E-state index is 11.5. The van der Waals surface area contributed by atoms with Gasteiger partial charge in [-0.1, -0.05) is 6.92 Å². The summed E-state index contributed by atoms with van der Waals surface area (Å²) >= 11 is 0. The first-order chi connectivity index (χ1) is 8.11. The lowest BCUT2D eigenvalue weighted by Gasteiger charge is -2.39. The Kier molecular flexibility index (Phi) is 3.58. The second-order valence-electron chi connectivity index (χ2n) is 4.10. The molecule has 1 aliphatic heterocycles. The fourth-order valence-corrected chi connectivity index (χ4v) is 3.09. The van der Waals surface area contributed by atoms with Crippen LogP contribution in [0.15, 0.2) is 18.6 Å². The minimum atomic E-state index is -3.11. The zero-order valence-electron chi connectivity index (χ0n) is 9.70. The van der Waals surface area contributed by atoms with Gasteiger partial charge in [-0.05, 0) is 6.42 Å². The van der Waals surface area contributed by atoms with Gasteiger partial charge < -0.3 is 4.90 Å². The van der Waals surface area contributed by atoms with Gasteiger partial charge in [0.1, 0.15) is 5.82 Å². The van der Waals surface area contributed by atoms with E-state index in [1.807, 2.05) is 11.8 Å². The Hall–Kier alpha value is -1.21. The Labute approximate surface area is 101 Å². The van der Waals surface area contributed by atoms with E-state index in [4.69, 9.17) is 0 Å². The van der Waals surface area contributed by atoms with Crippen molar-refractivity contribution in [3.63, 3.8) is 0 Å². The Morgan fingerprint density at radius 3 is 2.82 bits per heavy atom. The van der Waals surface area contributed by atoms with Gasteiger partial charge in [0.15, 0.2) is 0 Å². The number of hydrogen-bond acceptors (Lipinski definition) is 5. The van der Waals surface area contributed by atoms with Crippen molar-refractivity contribution in [2.24, 2.45) is 0 Å². The van der Waals surface area contributed by atoms with E-state index < -0.39 is 10.0 Å². The van der Waals surface area contributed by atoms with Crippen molar-refractivity contribution in [1.29, 1.82) is 0 Å². The molecular formula is C10H16N4O2S. The number of rotatable bonds is 5. The van der Waals surface area contributed by atoms with Crippen molar-refractivity contribution in [3.8, 4) is 0 Å². The number of nitrogens with one attached hydrogen (secondary N) is 1. The molecule has 1 N–H and O–H groups in total. The Morgan fingerprint density at radius 1 is 1.47 bits per heavy atom. The smallest absolute Gasteiger partial charge is 0.211 e. The molecule has 0 bridgehead atoms. The van der Waals surface area contributed by atoms with Gasteiger partial charge >= 0.3 is 0 Å². The van der Waals surface area contributed by atoms with Crippen LogP contribution in [0.3, 0.4) is 0 Å². The molecule has 1 aromatic heterocycles. The average molecular weight is 256 g/mol. The minimum absolute atomic E-state index is 0.00597. The molecule has 0 aromatic carbocycles.